The standard InChI is InChI=1S/C74H49N/c1-5-22-50(23-6-1)51-40-42-52(43-41-51)58-34-21-39-71(72(58)53-24-7-2-8-25-53)75(56-44-46-63-61-32-13-17-35-65(61)73(69(63)48-56,54-26-9-3-10-27-54)55-28-11-4-12-29-55)57-45-47-64-62-33-16-20-38-68(62)74(70(64)49-57)66-36-18-14-30-59(66)60-31-15-19-37-67(60)74/h1-49H. The molecule has 12 aromatic rings. The van der Waals surface area contributed by atoms with Crippen molar-refractivity contribution in [3.63, 3.8) is 0 Å². The molecule has 0 heterocycles. The molecular formula is C74H49N. The minimum absolute atomic E-state index is 0.513. The highest BCUT2D eigenvalue weighted by molar-refractivity contribution is 6.00. The molecule has 0 radical (unpaired) electrons. The highest BCUT2D eigenvalue weighted by atomic mass is 15.1. The van der Waals surface area contributed by atoms with Gasteiger partial charge in [-0.2, -0.15) is 0 Å². The second-order valence-electron chi connectivity index (χ2n) is 20.2. The first kappa shape index (κ1) is 43.1. The maximum absolute atomic E-state index is 2.57. The van der Waals surface area contributed by atoms with E-state index in [4.69, 9.17) is 0 Å². The summed E-state index contributed by atoms with van der Waals surface area (Å²) in [6.45, 7) is 0. The molecule has 350 valence electrons. The second kappa shape index (κ2) is 17.0. The average molecular weight is 952 g/mol. The topological polar surface area (TPSA) is 3.24 Å². The zero-order valence-electron chi connectivity index (χ0n) is 41.2. The van der Waals surface area contributed by atoms with E-state index in [9.17, 15) is 0 Å². The minimum atomic E-state index is -0.582. The summed E-state index contributed by atoms with van der Waals surface area (Å²) >= 11 is 0. The highest BCUT2D eigenvalue weighted by Crippen LogP contribution is 2.64. The molecule has 0 atom stereocenters. The van der Waals surface area contributed by atoms with Gasteiger partial charge in [0, 0.05) is 16.9 Å². The summed E-state index contributed by atoms with van der Waals surface area (Å²) in [4.78, 5) is 2.57. The van der Waals surface area contributed by atoms with Gasteiger partial charge in [-0.15, -0.1) is 0 Å². The summed E-state index contributed by atoms with van der Waals surface area (Å²) in [7, 11) is 0. The van der Waals surface area contributed by atoms with E-state index in [1.165, 1.54) is 100 Å². The van der Waals surface area contributed by atoms with Crippen molar-refractivity contribution in [1.82, 2.24) is 0 Å². The molecule has 0 amide bonds. The zero-order chi connectivity index (χ0) is 49.5. The molecule has 0 aliphatic heterocycles. The van der Waals surface area contributed by atoms with Crippen LogP contribution < -0.4 is 4.90 Å². The number of hydrogen-bond acceptors (Lipinski definition) is 1. The minimum Gasteiger partial charge on any atom is -0.310 e. The fourth-order valence-electron chi connectivity index (χ4n) is 13.6. The molecule has 0 saturated heterocycles. The van der Waals surface area contributed by atoms with Gasteiger partial charge in [0.2, 0.25) is 0 Å². The van der Waals surface area contributed by atoms with Gasteiger partial charge in [0.25, 0.3) is 0 Å². The van der Waals surface area contributed by atoms with E-state index < -0.39 is 10.8 Å². The van der Waals surface area contributed by atoms with Crippen molar-refractivity contribution in [1.29, 1.82) is 0 Å². The van der Waals surface area contributed by atoms with Gasteiger partial charge in [-0.05, 0) is 136 Å². The van der Waals surface area contributed by atoms with Crippen LogP contribution in [0.3, 0.4) is 0 Å². The first-order valence-corrected chi connectivity index (χ1v) is 26.2. The van der Waals surface area contributed by atoms with E-state index in [0.29, 0.717) is 0 Å². The lowest BCUT2D eigenvalue weighted by Crippen LogP contribution is -2.28. The fraction of sp³-hybridized carbons (Fsp3) is 0.0270. The van der Waals surface area contributed by atoms with Crippen LogP contribution in [0.5, 0.6) is 0 Å². The number of hydrogen-bond donors (Lipinski definition) is 0. The molecule has 12 aromatic carbocycles. The molecule has 1 heteroatoms. The second-order valence-corrected chi connectivity index (χ2v) is 20.2. The number of benzene rings is 12. The van der Waals surface area contributed by atoms with Gasteiger partial charge in [0.05, 0.1) is 16.5 Å². The number of anilines is 3. The first-order valence-electron chi connectivity index (χ1n) is 26.2. The number of nitrogens with zero attached hydrogens (tertiary/aromatic N) is 1. The van der Waals surface area contributed by atoms with Crippen molar-refractivity contribution < 1.29 is 0 Å². The Balaban J connectivity index is 1.03. The predicted octanol–water partition coefficient (Wildman–Crippen LogP) is 18.9. The molecule has 3 aliphatic rings. The predicted molar refractivity (Wildman–Crippen MR) is 311 cm³/mol. The van der Waals surface area contributed by atoms with Crippen molar-refractivity contribution in [2.24, 2.45) is 0 Å². The molecular weight excluding hydrogens is 903 g/mol. The van der Waals surface area contributed by atoms with Crippen LogP contribution in [0, 0.1) is 0 Å². The van der Waals surface area contributed by atoms with Crippen LogP contribution >= 0.6 is 0 Å². The van der Waals surface area contributed by atoms with Crippen molar-refractivity contribution in [3.8, 4) is 66.8 Å². The monoisotopic (exact) mass is 951 g/mol. The number of fused-ring (bicyclic) bond motifs is 13. The van der Waals surface area contributed by atoms with E-state index in [0.717, 1.165) is 28.2 Å². The maximum atomic E-state index is 2.57. The molecule has 1 nitrogen and oxygen atoms in total. The zero-order valence-corrected chi connectivity index (χ0v) is 41.2. The summed E-state index contributed by atoms with van der Waals surface area (Å²) in [6, 6.07) is 111. The normalized spacial score (nSPS) is 13.5. The molecule has 75 heavy (non-hydrogen) atoms. The Morgan fingerprint density at radius 1 is 0.213 bits per heavy atom. The highest BCUT2D eigenvalue weighted by Gasteiger charge is 2.52. The largest absolute Gasteiger partial charge is 0.310 e. The quantitative estimate of drug-likeness (QED) is 0.147. The molecule has 15 rings (SSSR count). The van der Waals surface area contributed by atoms with Gasteiger partial charge in [0.1, 0.15) is 0 Å². The molecule has 0 fully saturated rings. The Kier molecular flexibility index (Phi) is 9.77. The molecule has 1 spiro atoms. The maximum Gasteiger partial charge on any atom is 0.0726 e. The molecule has 3 aliphatic carbocycles. The van der Waals surface area contributed by atoms with Gasteiger partial charge in [-0.3, -0.25) is 0 Å². The SMILES string of the molecule is c1ccc(-c2ccc(-c3cccc(N(c4ccc5c(c4)C(c4ccccc4)(c4ccccc4)c4ccccc4-5)c4ccc5c(c4)C4(c6ccccc6-c6ccccc64)c4ccccc4-5)c3-c3ccccc3)cc2)cc1. The Morgan fingerprint density at radius 2 is 0.560 bits per heavy atom. The Morgan fingerprint density at radius 3 is 1.04 bits per heavy atom. The van der Waals surface area contributed by atoms with Crippen molar-refractivity contribution in [2.45, 2.75) is 10.8 Å². The van der Waals surface area contributed by atoms with E-state index in [1.54, 1.807) is 0 Å². The summed E-state index contributed by atoms with van der Waals surface area (Å²) in [5.41, 5.74) is 27.2. The van der Waals surface area contributed by atoms with E-state index in [1.807, 2.05) is 0 Å². The molecule has 0 aromatic heterocycles. The third kappa shape index (κ3) is 6.25. The average Bonchev–Trinajstić information content (AvgIpc) is 4.19. The van der Waals surface area contributed by atoms with E-state index in [-0.39, 0.29) is 0 Å². The third-order valence-corrected chi connectivity index (χ3v) is 16.6. The van der Waals surface area contributed by atoms with Crippen LogP contribution in [0.1, 0.15) is 44.5 Å². The molecule has 0 unspecified atom stereocenters. The third-order valence-electron chi connectivity index (χ3n) is 16.6. The van der Waals surface area contributed by atoms with Crippen LogP contribution in [0.2, 0.25) is 0 Å². The fourth-order valence-corrected chi connectivity index (χ4v) is 13.6. The van der Waals surface area contributed by atoms with Crippen LogP contribution in [0.4, 0.5) is 17.1 Å². The smallest absolute Gasteiger partial charge is 0.0726 e. The van der Waals surface area contributed by atoms with Crippen LogP contribution in [-0.2, 0) is 10.8 Å². The van der Waals surface area contributed by atoms with Gasteiger partial charge in [-0.1, -0.05) is 267 Å². The van der Waals surface area contributed by atoms with E-state index >= 15 is 0 Å². The Bertz CT molecular complexity index is 3950. The Labute approximate surface area is 439 Å². The van der Waals surface area contributed by atoms with Crippen molar-refractivity contribution in [2.75, 3.05) is 4.90 Å². The van der Waals surface area contributed by atoms with Gasteiger partial charge in [0.15, 0.2) is 0 Å². The summed E-state index contributed by atoms with van der Waals surface area (Å²) < 4.78 is 0. The molecule has 0 bridgehead atoms. The number of rotatable bonds is 8. The van der Waals surface area contributed by atoms with Crippen LogP contribution in [0.15, 0.2) is 297 Å². The Hall–Kier alpha value is -9.56. The van der Waals surface area contributed by atoms with Crippen molar-refractivity contribution >= 4 is 17.1 Å². The van der Waals surface area contributed by atoms with Crippen LogP contribution in [-0.4, -0.2) is 0 Å². The summed E-state index contributed by atoms with van der Waals surface area (Å²) in [6.07, 6.45) is 0. The molecule has 0 saturated carbocycles. The van der Waals surface area contributed by atoms with E-state index in [2.05, 4.69) is 302 Å². The first-order chi connectivity index (χ1) is 37.2. The van der Waals surface area contributed by atoms with Gasteiger partial charge < -0.3 is 4.90 Å². The van der Waals surface area contributed by atoms with Crippen molar-refractivity contribution in [3.05, 3.63) is 342 Å². The lowest BCUT2D eigenvalue weighted by molar-refractivity contribution is 0.768. The lowest BCUT2D eigenvalue weighted by atomic mass is 9.67. The van der Waals surface area contributed by atoms with Gasteiger partial charge >= 0.3 is 0 Å². The van der Waals surface area contributed by atoms with Gasteiger partial charge in [-0.25, -0.2) is 0 Å². The summed E-state index contributed by atoms with van der Waals surface area (Å²) in [5.74, 6) is 0. The lowest BCUT2D eigenvalue weighted by Gasteiger charge is -2.35. The molecule has 0 N–H and O–H groups in total. The van der Waals surface area contributed by atoms with Crippen LogP contribution in [0.25, 0.3) is 66.8 Å². The summed E-state index contributed by atoms with van der Waals surface area (Å²) in [5, 5.41) is 0.